The van der Waals surface area contributed by atoms with Gasteiger partial charge in [-0.1, -0.05) is 30.3 Å². The van der Waals surface area contributed by atoms with Crippen molar-refractivity contribution in [2.75, 3.05) is 31.6 Å². The minimum absolute atomic E-state index is 0.000653. The molecular formula is C37H41N7O3. The number of nitrogens with zero attached hydrogens (tertiary/aromatic N) is 6. The number of pyridine rings is 1. The Hall–Kier alpha value is -4.41. The van der Waals surface area contributed by atoms with Gasteiger partial charge in [0.25, 0.3) is 5.91 Å². The number of rotatable bonds is 7. The molecular weight excluding hydrogens is 590 g/mol. The van der Waals surface area contributed by atoms with Gasteiger partial charge in [0.2, 0.25) is 0 Å². The van der Waals surface area contributed by atoms with Gasteiger partial charge in [0.1, 0.15) is 28.3 Å². The van der Waals surface area contributed by atoms with Crippen molar-refractivity contribution in [1.82, 2.24) is 24.0 Å². The zero-order valence-electron chi connectivity index (χ0n) is 27.0. The van der Waals surface area contributed by atoms with E-state index in [1.807, 2.05) is 54.4 Å². The molecule has 5 heterocycles. The smallest absolute Gasteiger partial charge is 0.254 e. The standard InChI is InChI=1S/C37H41N7O3/c1-41-33-27(16-25(18-30(33)47-2)36(45)44-20-24-10-12-28(44)32(24)38)39-35(41)29-17-23-11-13-31(40-34(23)43(29)19-22-8-9-22)42-15-14-37(46,21-42)26-6-4-3-5-7-26/h3-7,11,13,16-18,22,24,28,32,46H,8-10,12,14-15,19-21,38H2,1-2H3/t24?,28?,32-,37?/m1/s1. The van der Waals surface area contributed by atoms with Crippen LogP contribution in [0.4, 0.5) is 5.82 Å². The summed E-state index contributed by atoms with van der Waals surface area (Å²) in [7, 11) is 3.66. The molecule has 4 fully saturated rings. The molecule has 5 aromatic rings. The Balaban J connectivity index is 1.10. The number of hydrogen-bond donors (Lipinski definition) is 2. The number of fused-ring (bicyclic) bond motifs is 4. The van der Waals surface area contributed by atoms with Gasteiger partial charge in [-0.2, -0.15) is 0 Å². The number of likely N-dealkylation sites (tertiary alicyclic amines) is 1. The number of aryl methyl sites for hydroxylation is 1. The topological polar surface area (TPSA) is 115 Å². The number of ether oxygens (including phenoxy) is 1. The lowest BCUT2D eigenvalue weighted by atomic mass is 9.93. The molecule has 2 aromatic carbocycles. The predicted molar refractivity (Wildman–Crippen MR) is 181 cm³/mol. The predicted octanol–water partition coefficient (Wildman–Crippen LogP) is 4.67. The van der Waals surface area contributed by atoms with Crippen molar-refractivity contribution < 1.29 is 14.6 Å². The fraction of sp³-hybridized carbons (Fsp3) is 0.432. The molecule has 4 aliphatic rings. The first-order chi connectivity index (χ1) is 22.8. The Morgan fingerprint density at radius 3 is 2.62 bits per heavy atom. The zero-order chi connectivity index (χ0) is 32.0. The Morgan fingerprint density at radius 2 is 1.89 bits per heavy atom. The number of benzene rings is 2. The van der Waals surface area contributed by atoms with E-state index in [0.29, 0.717) is 36.1 Å². The lowest BCUT2D eigenvalue weighted by molar-refractivity contribution is 0.0606. The number of β-amino-alcohol motifs (C(OH)–C–C–N with tert-alkyl or cyclic N) is 1. The molecule has 10 heteroatoms. The second kappa shape index (κ2) is 10.6. The summed E-state index contributed by atoms with van der Waals surface area (Å²) >= 11 is 0. The van der Waals surface area contributed by atoms with Gasteiger partial charge in [-0.15, -0.1) is 0 Å². The van der Waals surface area contributed by atoms with E-state index in [1.165, 1.54) is 12.8 Å². The Kier molecular flexibility index (Phi) is 6.46. The third-order valence-corrected chi connectivity index (χ3v) is 11.3. The highest BCUT2D eigenvalue weighted by molar-refractivity contribution is 6.00. The summed E-state index contributed by atoms with van der Waals surface area (Å²) in [6.45, 7) is 2.82. The van der Waals surface area contributed by atoms with Crippen molar-refractivity contribution in [3.8, 4) is 17.3 Å². The fourth-order valence-electron chi connectivity index (χ4n) is 8.46. The number of imidazole rings is 1. The number of hydrogen-bond acceptors (Lipinski definition) is 7. The Bertz CT molecular complexity index is 2030. The van der Waals surface area contributed by atoms with Gasteiger partial charge < -0.3 is 34.5 Å². The molecule has 2 saturated heterocycles. The second-order valence-electron chi connectivity index (χ2n) is 14.2. The van der Waals surface area contributed by atoms with Crippen molar-refractivity contribution in [2.45, 2.75) is 56.3 Å². The van der Waals surface area contributed by atoms with Crippen LogP contribution in [0, 0.1) is 11.8 Å². The van der Waals surface area contributed by atoms with Gasteiger partial charge in [-0.3, -0.25) is 4.79 Å². The highest BCUT2D eigenvalue weighted by Crippen LogP contribution is 2.41. The summed E-state index contributed by atoms with van der Waals surface area (Å²) in [5.74, 6) is 3.31. The first kappa shape index (κ1) is 28.8. The van der Waals surface area contributed by atoms with E-state index in [0.717, 1.165) is 77.4 Å². The molecule has 2 bridgehead atoms. The third kappa shape index (κ3) is 4.56. The van der Waals surface area contributed by atoms with E-state index in [9.17, 15) is 9.90 Å². The normalized spacial score (nSPS) is 25.5. The van der Waals surface area contributed by atoms with Crippen molar-refractivity contribution in [1.29, 1.82) is 0 Å². The Labute approximate surface area is 273 Å². The van der Waals surface area contributed by atoms with Crippen LogP contribution in [0.3, 0.4) is 0 Å². The van der Waals surface area contributed by atoms with Crippen LogP contribution in [0.1, 0.15) is 48.0 Å². The lowest BCUT2D eigenvalue weighted by Gasteiger charge is -2.27. The number of anilines is 1. The van der Waals surface area contributed by atoms with Crippen LogP contribution in [0.25, 0.3) is 33.6 Å². The van der Waals surface area contributed by atoms with E-state index < -0.39 is 5.60 Å². The van der Waals surface area contributed by atoms with Crippen molar-refractivity contribution in [2.24, 2.45) is 24.6 Å². The molecule has 3 aromatic heterocycles. The minimum atomic E-state index is -0.897. The quantitative estimate of drug-likeness (QED) is 0.268. The summed E-state index contributed by atoms with van der Waals surface area (Å²) in [4.78, 5) is 28.3. The molecule has 2 aliphatic carbocycles. The number of carbonyl (C=O) groups is 1. The molecule has 9 rings (SSSR count). The van der Waals surface area contributed by atoms with Gasteiger partial charge in [-0.05, 0) is 79.8 Å². The van der Waals surface area contributed by atoms with E-state index in [1.54, 1.807) is 7.11 Å². The average molecular weight is 632 g/mol. The fourth-order valence-corrected chi connectivity index (χ4v) is 8.46. The minimum Gasteiger partial charge on any atom is -0.494 e. The third-order valence-electron chi connectivity index (χ3n) is 11.3. The molecule has 0 spiro atoms. The van der Waals surface area contributed by atoms with Gasteiger partial charge in [-0.25, -0.2) is 9.97 Å². The SMILES string of the molecule is COc1cc(C(=O)N2CC3CCC2[C@@H]3N)cc2nc(-c3cc4ccc(N5CCC(O)(c6ccccc6)C5)nc4n3CC3CC3)n(C)c12. The average Bonchev–Trinajstić information content (AvgIpc) is 3.32. The van der Waals surface area contributed by atoms with Crippen LogP contribution in [0.5, 0.6) is 5.75 Å². The monoisotopic (exact) mass is 631 g/mol. The van der Waals surface area contributed by atoms with E-state index in [2.05, 4.69) is 32.2 Å². The molecule has 0 radical (unpaired) electrons. The largest absolute Gasteiger partial charge is 0.494 e. The molecule has 47 heavy (non-hydrogen) atoms. The number of piperidine rings is 1. The summed E-state index contributed by atoms with van der Waals surface area (Å²) < 4.78 is 10.3. The second-order valence-corrected chi connectivity index (χ2v) is 14.2. The summed E-state index contributed by atoms with van der Waals surface area (Å²) in [5.41, 5.74) is 10.6. The number of methoxy groups -OCH3 is 1. The molecule has 1 amide bonds. The maximum Gasteiger partial charge on any atom is 0.254 e. The van der Waals surface area contributed by atoms with E-state index in [4.69, 9.17) is 20.4 Å². The molecule has 2 aliphatic heterocycles. The highest BCUT2D eigenvalue weighted by atomic mass is 16.5. The number of aliphatic hydroxyl groups is 1. The molecule has 3 unspecified atom stereocenters. The summed E-state index contributed by atoms with van der Waals surface area (Å²) in [5, 5.41) is 12.6. The van der Waals surface area contributed by atoms with Crippen LogP contribution in [0.2, 0.25) is 0 Å². The van der Waals surface area contributed by atoms with Gasteiger partial charge >= 0.3 is 0 Å². The molecule has 4 atom stereocenters. The van der Waals surface area contributed by atoms with Crippen LogP contribution >= 0.6 is 0 Å². The van der Waals surface area contributed by atoms with Crippen molar-refractivity contribution in [3.63, 3.8) is 0 Å². The molecule has 10 nitrogen and oxygen atoms in total. The number of nitrogens with two attached hydrogens (primary N) is 1. The van der Waals surface area contributed by atoms with Crippen LogP contribution in [0.15, 0.2) is 60.7 Å². The number of amides is 1. The Morgan fingerprint density at radius 1 is 1.06 bits per heavy atom. The zero-order valence-corrected chi connectivity index (χ0v) is 27.0. The molecule has 242 valence electrons. The maximum absolute atomic E-state index is 13.8. The van der Waals surface area contributed by atoms with Crippen LogP contribution in [-0.2, 0) is 19.2 Å². The highest BCUT2D eigenvalue weighted by Gasteiger charge is 2.47. The van der Waals surface area contributed by atoms with E-state index in [-0.39, 0.29) is 18.0 Å². The van der Waals surface area contributed by atoms with Crippen molar-refractivity contribution in [3.05, 3.63) is 71.8 Å². The van der Waals surface area contributed by atoms with E-state index >= 15 is 0 Å². The van der Waals surface area contributed by atoms with Crippen LogP contribution in [-0.4, -0.2) is 73.8 Å². The van der Waals surface area contributed by atoms with Gasteiger partial charge in [0.15, 0.2) is 5.82 Å². The summed E-state index contributed by atoms with van der Waals surface area (Å²) in [6, 6.07) is 20.3. The van der Waals surface area contributed by atoms with Crippen LogP contribution < -0.4 is 15.4 Å². The maximum atomic E-state index is 13.8. The first-order valence-electron chi connectivity index (χ1n) is 17.0. The summed E-state index contributed by atoms with van der Waals surface area (Å²) in [6.07, 6.45) is 5.14. The van der Waals surface area contributed by atoms with Gasteiger partial charge in [0.05, 0.1) is 24.9 Å². The lowest BCUT2D eigenvalue weighted by Crippen LogP contribution is -2.41. The number of carbonyl (C=O) groups excluding carboxylic acids is 1. The molecule has 2 saturated carbocycles. The molecule has 3 N–H and O–H groups in total. The van der Waals surface area contributed by atoms with Gasteiger partial charge in [0, 0.05) is 49.7 Å². The number of aromatic nitrogens is 4. The first-order valence-corrected chi connectivity index (χ1v) is 17.0. The van der Waals surface area contributed by atoms with Crippen molar-refractivity contribution >= 4 is 33.8 Å².